The minimum atomic E-state index is 0.0203. The van der Waals surface area contributed by atoms with Crippen LogP contribution in [-0.2, 0) is 4.79 Å². The normalized spacial score (nSPS) is 11.6. The molecule has 3 heteroatoms. The molecule has 0 fully saturated rings. The first-order valence-corrected chi connectivity index (χ1v) is 2.92. The van der Waals surface area contributed by atoms with Gasteiger partial charge in [0.2, 0.25) is 0 Å². The fourth-order valence-electron chi connectivity index (χ4n) is 0.276. The Labute approximate surface area is 58.3 Å². The van der Waals surface area contributed by atoms with E-state index in [-0.39, 0.29) is 12.2 Å². The van der Waals surface area contributed by atoms with Crippen molar-refractivity contribution in [2.75, 3.05) is 0 Å². The summed E-state index contributed by atoms with van der Waals surface area (Å²) in [5, 5.41) is 0.388. The highest BCUT2D eigenvalue weighted by Gasteiger charge is 1.94. The molecule has 0 aliphatic rings. The molecule has 0 aliphatic heterocycles. The van der Waals surface area contributed by atoms with Crippen molar-refractivity contribution in [3.05, 3.63) is 10.6 Å². The van der Waals surface area contributed by atoms with Crippen molar-refractivity contribution in [2.24, 2.45) is 0 Å². The van der Waals surface area contributed by atoms with Gasteiger partial charge in [0.25, 0.3) is 0 Å². The molecule has 0 saturated carbocycles. The van der Waals surface area contributed by atoms with E-state index >= 15 is 0 Å². The highest BCUT2D eigenvalue weighted by atomic mass is 35.5. The molecule has 0 atom stereocenters. The summed E-state index contributed by atoms with van der Waals surface area (Å²) >= 11 is 10.5. The zero-order valence-corrected chi connectivity index (χ0v) is 5.96. The third kappa shape index (κ3) is 4.16. The predicted molar refractivity (Wildman–Crippen MR) is 35.1 cm³/mol. The highest BCUT2D eigenvalue weighted by Crippen LogP contribution is 2.07. The summed E-state index contributed by atoms with van der Waals surface area (Å²) in [7, 11) is 0. The molecule has 0 aromatic heterocycles. The molecule has 0 aromatic rings. The highest BCUT2D eigenvalue weighted by molar-refractivity contribution is 6.37. The van der Waals surface area contributed by atoms with E-state index in [1.165, 1.54) is 12.5 Å². The molecule has 0 unspecified atom stereocenters. The lowest BCUT2D eigenvalue weighted by Gasteiger charge is -1.87. The molecule has 0 radical (unpaired) electrons. The number of ketones is 1. The van der Waals surface area contributed by atoms with Crippen LogP contribution in [0.3, 0.4) is 0 Å². The van der Waals surface area contributed by atoms with Crippen LogP contribution >= 0.6 is 23.2 Å². The number of halogens is 2. The van der Waals surface area contributed by atoms with Crippen molar-refractivity contribution in [1.82, 2.24) is 0 Å². The second kappa shape index (κ2) is 3.93. The van der Waals surface area contributed by atoms with Crippen LogP contribution in [0, 0.1) is 0 Å². The number of carbonyl (C=O) groups is 1. The molecule has 0 rings (SSSR count). The van der Waals surface area contributed by atoms with E-state index in [9.17, 15) is 4.79 Å². The summed E-state index contributed by atoms with van der Waals surface area (Å²) in [5.74, 6) is 0.0203. The standard InChI is InChI=1S/C5H6Cl2O/c1-4(8)2-5(7)3-6/h3H,2H2,1H3. The maximum Gasteiger partial charge on any atom is 0.135 e. The topological polar surface area (TPSA) is 17.1 Å². The third-order valence-corrected chi connectivity index (χ3v) is 1.15. The Balaban J connectivity index is 3.56. The van der Waals surface area contributed by atoms with Gasteiger partial charge in [0.15, 0.2) is 0 Å². The third-order valence-electron chi connectivity index (χ3n) is 0.536. The Kier molecular flexibility index (Phi) is 3.92. The molecular formula is C5H6Cl2O. The van der Waals surface area contributed by atoms with Crippen LogP contribution in [0.4, 0.5) is 0 Å². The molecule has 46 valence electrons. The first-order valence-electron chi connectivity index (χ1n) is 2.11. The van der Waals surface area contributed by atoms with E-state index in [0.29, 0.717) is 5.03 Å². The Morgan fingerprint density at radius 2 is 2.25 bits per heavy atom. The maximum absolute atomic E-state index is 10.2. The second-order valence-corrected chi connectivity index (χ2v) is 2.14. The number of hydrogen-bond acceptors (Lipinski definition) is 1. The maximum atomic E-state index is 10.2. The summed E-state index contributed by atoms with van der Waals surface area (Å²) in [4.78, 5) is 10.2. The van der Waals surface area contributed by atoms with Gasteiger partial charge < -0.3 is 0 Å². The Hall–Kier alpha value is -0.0100. The Morgan fingerprint density at radius 1 is 1.75 bits per heavy atom. The van der Waals surface area contributed by atoms with Crippen LogP contribution in [-0.4, -0.2) is 5.78 Å². The predicted octanol–water partition coefficient (Wildman–Crippen LogP) is 2.28. The van der Waals surface area contributed by atoms with Gasteiger partial charge in [-0.1, -0.05) is 23.2 Å². The molecule has 0 aliphatic carbocycles. The van der Waals surface area contributed by atoms with Gasteiger partial charge in [-0.05, 0) is 6.92 Å². The van der Waals surface area contributed by atoms with Gasteiger partial charge in [-0.15, -0.1) is 0 Å². The van der Waals surface area contributed by atoms with Crippen LogP contribution in [0.2, 0.25) is 0 Å². The van der Waals surface area contributed by atoms with Crippen LogP contribution in [0.25, 0.3) is 0 Å². The minimum absolute atomic E-state index is 0.0203. The van der Waals surface area contributed by atoms with Gasteiger partial charge in [0.1, 0.15) is 5.78 Å². The quantitative estimate of drug-likeness (QED) is 0.594. The van der Waals surface area contributed by atoms with Crippen molar-refractivity contribution >= 4 is 29.0 Å². The van der Waals surface area contributed by atoms with Gasteiger partial charge in [-0.25, -0.2) is 0 Å². The molecule has 0 aromatic carbocycles. The van der Waals surface area contributed by atoms with Crippen LogP contribution in [0.15, 0.2) is 10.6 Å². The van der Waals surface area contributed by atoms with Gasteiger partial charge in [-0.2, -0.15) is 0 Å². The Bertz CT molecular complexity index is 118. The van der Waals surface area contributed by atoms with Gasteiger partial charge in [-0.3, -0.25) is 4.79 Å². The van der Waals surface area contributed by atoms with Crippen molar-refractivity contribution in [3.8, 4) is 0 Å². The van der Waals surface area contributed by atoms with Gasteiger partial charge >= 0.3 is 0 Å². The van der Waals surface area contributed by atoms with E-state index < -0.39 is 0 Å². The monoisotopic (exact) mass is 152 g/mol. The summed E-state index contributed by atoms with van der Waals surface area (Å²) in [6, 6.07) is 0. The number of hydrogen-bond donors (Lipinski definition) is 0. The van der Waals surface area contributed by atoms with Gasteiger partial charge in [0, 0.05) is 17.0 Å². The molecule has 0 amide bonds. The fraction of sp³-hybridized carbons (Fsp3) is 0.400. The number of carbonyl (C=O) groups excluding carboxylic acids is 1. The molecular weight excluding hydrogens is 147 g/mol. The van der Waals surface area contributed by atoms with Gasteiger partial charge in [0.05, 0.1) is 0 Å². The molecule has 1 nitrogen and oxygen atoms in total. The van der Waals surface area contributed by atoms with Crippen LogP contribution in [0.5, 0.6) is 0 Å². The number of allylic oxidation sites excluding steroid dienone is 1. The molecule has 0 spiro atoms. The molecule has 0 N–H and O–H groups in total. The first-order chi connectivity index (χ1) is 3.66. The van der Waals surface area contributed by atoms with E-state index in [1.807, 2.05) is 0 Å². The zero-order chi connectivity index (χ0) is 6.57. The smallest absolute Gasteiger partial charge is 0.135 e. The number of rotatable bonds is 2. The number of Topliss-reactive ketones (excluding diaryl/α,β-unsaturated/α-hetero) is 1. The van der Waals surface area contributed by atoms with Crippen molar-refractivity contribution in [1.29, 1.82) is 0 Å². The van der Waals surface area contributed by atoms with E-state index in [0.717, 1.165) is 0 Å². The van der Waals surface area contributed by atoms with Crippen LogP contribution in [0.1, 0.15) is 13.3 Å². The molecule has 0 saturated heterocycles. The first kappa shape index (κ1) is 7.99. The SMILES string of the molecule is CC(=O)CC(Cl)=CCl. The Morgan fingerprint density at radius 3 is 2.38 bits per heavy atom. The molecule has 8 heavy (non-hydrogen) atoms. The van der Waals surface area contributed by atoms with E-state index in [2.05, 4.69) is 0 Å². The average Bonchev–Trinajstić information content (AvgIpc) is 1.65. The summed E-state index contributed by atoms with van der Waals surface area (Å²) in [6.45, 7) is 1.46. The zero-order valence-electron chi connectivity index (χ0n) is 4.45. The fourth-order valence-corrected chi connectivity index (χ4v) is 0.542. The lowest BCUT2D eigenvalue weighted by molar-refractivity contribution is -0.116. The second-order valence-electron chi connectivity index (χ2n) is 1.43. The van der Waals surface area contributed by atoms with Crippen molar-refractivity contribution in [2.45, 2.75) is 13.3 Å². The van der Waals surface area contributed by atoms with E-state index in [1.54, 1.807) is 0 Å². The van der Waals surface area contributed by atoms with Crippen molar-refractivity contribution < 1.29 is 4.79 Å². The van der Waals surface area contributed by atoms with Crippen LogP contribution < -0.4 is 0 Å². The van der Waals surface area contributed by atoms with E-state index in [4.69, 9.17) is 23.2 Å². The summed E-state index contributed by atoms with van der Waals surface area (Å²) in [6.07, 6.45) is 0.241. The molecule has 0 heterocycles. The molecule has 0 bridgehead atoms. The summed E-state index contributed by atoms with van der Waals surface area (Å²) in [5.41, 5.74) is 1.20. The lowest BCUT2D eigenvalue weighted by atomic mass is 10.3. The summed E-state index contributed by atoms with van der Waals surface area (Å²) < 4.78 is 0. The minimum Gasteiger partial charge on any atom is -0.300 e. The van der Waals surface area contributed by atoms with Crippen molar-refractivity contribution in [3.63, 3.8) is 0 Å². The lowest BCUT2D eigenvalue weighted by Crippen LogP contribution is -1.86. The largest absolute Gasteiger partial charge is 0.300 e. The average molecular weight is 153 g/mol.